The van der Waals surface area contributed by atoms with E-state index in [4.69, 9.17) is 9.47 Å². The third-order valence-corrected chi connectivity index (χ3v) is 2.03. The van der Waals surface area contributed by atoms with Crippen molar-refractivity contribution in [1.82, 2.24) is 5.32 Å². The monoisotopic (exact) mass is 261 g/mol. The standard InChI is InChI=1S/C11H10F3NO3/c12-11(13,14)18-9-3-1-2-8(6-9)17-7-10-15-4-5-16-10/h1-6,10,15H,7H2. The van der Waals surface area contributed by atoms with E-state index in [1.54, 1.807) is 6.20 Å². The topological polar surface area (TPSA) is 39.7 Å². The Hall–Kier alpha value is -2.05. The van der Waals surface area contributed by atoms with E-state index in [9.17, 15) is 13.2 Å². The number of halogens is 3. The minimum Gasteiger partial charge on any atom is -0.488 e. The highest BCUT2D eigenvalue weighted by molar-refractivity contribution is 5.33. The Balaban J connectivity index is 1.90. The van der Waals surface area contributed by atoms with Crippen molar-refractivity contribution in [1.29, 1.82) is 0 Å². The summed E-state index contributed by atoms with van der Waals surface area (Å²) in [7, 11) is 0. The van der Waals surface area contributed by atoms with E-state index < -0.39 is 6.36 Å². The lowest BCUT2D eigenvalue weighted by Gasteiger charge is -2.14. The van der Waals surface area contributed by atoms with Crippen LogP contribution in [0.5, 0.6) is 11.5 Å². The third kappa shape index (κ3) is 3.76. The summed E-state index contributed by atoms with van der Waals surface area (Å²) in [6, 6.07) is 5.31. The molecule has 1 aliphatic rings. The van der Waals surface area contributed by atoms with Gasteiger partial charge in [-0.25, -0.2) is 0 Å². The molecule has 4 nitrogen and oxygen atoms in total. The first kappa shape index (κ1) is 12.4. The number of ether oxygens (including phenoxy) is 3. The Morgan fingerprint density at radius 1 is 1.28 bits per heavy atom. The van der Waals surface area contributed by atoms with E-state index in [0.717, 1.165) is 6.07 Å². The summed E-state index contributed by atoms with van der Waals surface area (Å²) in [5, 5.41) is 2.84. The van der Waals surface area contributed by atoms with Gasteiger partial charge in [-0.1, -0.05) is 6.07 Å². The molecule has 0 aromatic heterocycles. The fourth-order valence-electron chi connectivity index (χ4n) is 1.34. The molecule has 1 heterocycles. The Bertz CT molecular complexity index is 426. The van der Waals surface area contributed by atoms with Crippen LogP contribution in [-0.4, -0.2) is 19.2 Å². The summed E-state index contributed by atoms with van der Waals surface area (Å²) in [6.07, 6.45) is -1.97. The lowest BCUT2D eigenvalue weighted by Crippen LogP contribution is -2.28. The van der Waals surface area contributed by atoms with Gasteiger partial charge < -0.3 is 19.5 Å². The van der Waals surface area contributed by atoms with Crippen LogP contribution < -0.4 is 14.8 Å². The first-order valence-corrected chi connectivity index (χ1v) is 5.08. The Labute approximate surface area is 101 Å². The molecule has 1 N–H and O–H groups in total. The van der Waals surface area contributed by atoms with Crippen LogP contribution in [0.2, 0.25) is 0 Å². The molecule has 0 saturated heterocycles. The van der Waals surface area contributed by atoms with Crippen molar-refractivity contribution in [2.75, 3.05) is 6.61 Å². The summed E-state index contributed by atoms with van der Waals surface area (Å²) in [5.74, 6) is -0.0486. The van der Waals surface area contributed by atoms with Gasteiger partial charge in [0.25, 0.3) is 0 Å². The van der Waals surface area contributed by atoms with Crippen LogP contribution in [0.4, 0.5) is 13.2 Å². The molecule has 1 aromatic rings. The first-order chi connectivity index (χ1) is 8.53. The highest BCUT2D eigenvalue weighted by atomic mass is 19.4. The van der Waals surface area contributed by atoms with Gasteiger partial charge in [-0.15, -0.1) is 13.2 Å². The summed E-state index contributed by atoms with van der Waals surface area (Å²) in [6.45, 7) is 0.169. The molecule has 1 aromatic carbocycles. The molecule has 18 heavy (non-hydrogen) atoms. The van der Waals surface area contributed by atoms with E-state index in [2.05, 4.69) is 10.1 Å². The van der Waals surface area contributed by atoms with Crippen molar-refractivity contribution < 1.29 is 27.4 Å². The van der Waals surface area contributed by atoms with E-state index in [1.807, 2.05) is 0 Å². The van der Waals surface area contributed by atoms with Gasteiger partial charge in [-0.3, -0.25) is 0 Å². The van der Waals surface area contributed by atoms with Crippen molar-refractivity contribution >= 4 is 0 Å². The fourth-order valence-corrected chi connectivity index (χ4v) is 1.34. The van der Waals surface area contributed by atoms with Gasteiger partial charge in [0.15, 0.2) is 0 Å². The maximum Gasteiger partial charge on any atom is 0.573 e. The van der Waals surface area contributed by atoms with Crippen LogP contribution in [0.15, 0.2) is 36.7 Å². The number of hydrogen-bond donors (Lipinski definition) is 1. The second kappa shape index (κ2) is 5.07. The minimum atomic E-state index is -4.71. The molecular formula is C11H10F3NO3. The maximum atomic E-state index is 12.0. The van der Waals surface area contributed by atoms with Crippen LogP contribution in [0.3, 0.4) is 0 Å². The quantitative estimate of drug-likeness (QED) is 0.903. The molecule has 7 heteroatoms. The van der Waals surface area contributed by atoms with Crippen LogP contribution in [0.25, 0.3) is 0 Å². The first-order valence-electron chi connectivity index (χ1n) is 5.08. The molecule has 0 spiro atoms. The van der Waals surface area contributed by atoms with Gasteiger partial charge >= 0.3 is 6.36 Å². The van der Waals surface area contributed by atoms with Crippen LogP contribution in [0.1, 0.15) is 0 Å². The molecule has 0 bridgehead atoms. The summed E-state index contributed by atoms with van der Waals surface area (Å²) in [5.41, 5.74) is 0. The number of hydrogen-bond acceptors (Lipinski definition) is 4. The highest BCUT2D eigenvalue weighted by Crippen LogP contribution is 2.26. The number of rotatable bonds is 4. The Morgan fingerprint density at radius 3 is 2.72 bits per heavy atom. The van der Waals surface area contributed by atoms with Crippen LogP contribution in [-0.2, 0) is 4.74 Å². The van der Waals surface area contributed by atoms with Gasteiger partial charge in [0.2, 0.25) is 6.23 Å². The number of benzene rings is 1. The number of nitrogens with one attached hydrogen (secondary N) is 1. The molecule has 98 valence electrons. The zero-order valence-corrected chi connectivity index (χ0v) is 9.11. The van der Waals surface area contributed by atoms with Crippen molar-refractivity contribution in [3.8, 4) is 11.5 Å². The van der Waals surface area contributed by atoms with Crippen molar-refractivity contribution in [3.63, 3.8) is 0 Å². The predicted molar refractivity (Wildman–Crippen MR) is 55.8 cm³/mol. The Kier molecular flexibility index (Phi) is 3.50. The molecule has 0 saturated carbocycles. The van der Waals surface area contributed by atoms with Crippen molar-refractivity contribution in [2.45, 2.75) is 12.6 Å². The van der Waals surface area contributed by atoms with Gasteiger partial charge in [-0.05, 0) is 12.1 Å². The summed E-state index contributed by atoms with van der Waals surface area (Å²) >= 11 is 0. The van der Waals surface area contributed by atoms with E-state index >= 15 is 0 Å². The van der Waals surface area contributed by atoms with Gasteiger partial charge in [-0.2, -0.15) is 0 Å². The van der Waals surface area contributed by atoms with Crippen LogP contribution >= 0.6 is 0 Å². The fraction of sp³-hybridized carbons (Fsp3) is 0.273. The summed E-state index contributed by atoms with van der Waals surface area (Å²) < 4.78 is 50.1. The van der Waals surface area contributed by atoms with Crippen molar-refractivity contribution in [2.24, 2.45) is 0 Å². The maximum absolute atomic E-state index is 12.0. The van der Waals surface area contributed by atoms with Gasteiger partial charge in [0.1, 0.15) is 24.4 Å². The van der Waals surface area contributed by atoms with E-state index in [-0.39, 0.29) is 24.3 Å². The molecule has 0 aliphatic carbocycles. The zero-order chi connectivity index (χ0) is 13.0. The average Bonchev–Trinajstić information content (AvgIpc) is 2.77. The zero-order valence-electron chi connectivity index (χ0n) is 9.11. The second-order valence-corrected chi connectivity index (χ2v) is 3.43. The normalized spacial score (nSPS) is 18.1. The largest absolute Gasteiger partial charge is 0.573 e. The lowest BCUT2D eigenvalue weighted by atomic mass is 10.3. The Morgan fingerprint density at radius 2 is 2.06 bits per heavy atom. The molecular weight excluding hydrogens is 251 g/mol. The smallest absolute Gasteiger partial charge is 0.488 e. The predicted octanol–water partition coefficient (Wildman–Crippen LogP) is 2.38. The van der Waals surface area contributed by atoms with Crippen LogP contribution in [0, 0.1) is 0 Å². The lowest BCUT2D eigenvalue weighted by molar-refractivity contribution is -0.274. The highest BCUT2D eigenvalue weighted by Gasteiger charge is 2.31. The molecule has 0 radical (unpaired) electrons. The van der Waals surface area contributed by atoms with E-state index in [1.165, 1.54) is 24.5 Å². The SMILES string of the molecule is FC(F)(F)Oc1cccc(OCC2NC=CO2)c1. The third-order valence-electron chi connectivity index (χ3n) is 2.03. The van der Waals surface area contributed by atoms with Gasteiger partial charge in [0.05, 0.1) is 0 Å². The molecule has 1 atom stereocenters. The second-order valence-electron chi connectivity index (χ2n) is 3.43. The minimum absolute atomic E-state index is 0.169. The van der Waals surface area contributed by atoms with Crippen molar-refractivity contribution in [3.05, 3.63) is 36.7 Å². The molecule has 0 amide bonds. The molecule has 2 rings (SSSR count). The molecule has 1 aliphatic heterocycles. The van der Waals surface area contributed by atoms with E-state index in [0.29, 0.717) is 0 Å². The molecule has 0 fully saturated rings. The number of alkyl halides is 3. The van der Waals surface area contributed by atoms with Gasteiger partial charge in [0, 0.05) is 12.3 Å². The average molecular weight is 261 g/mol. The molecule has 1 unspecified atom stereocenters. The summed E-state index contributed by atoms with van der Waals surface area (Å²) in [4.78, 5) is 0.